The van der Waals surface area contributed by atoms with Crippen molar-refractivity contribution in [3.8, 4) is 0 Å². The molecule has 4 nitrogen and oxygen atoms in total. The highest BCUT2D eigenvalue weighted by molar-refractivity contribution is 5.93. The van der Waals surface area contributed by atoms with E-state index in [1.165, 1.54) is 0 Å². The van der Waals surface area contributed by atoms with E-state index in [2.05, 4.69) is 10.6 Å². The first kappa shape index (κ1) is 16.7. The zero-order chi connectivity index (χ0) is 16.7. The first-order chi connectivity index (χ1) is 10.9. The van der Waals surface area contributed by atoms with E-state index in [1.54, 1.807) is 0 Å². The van der Waals surface area contributed by atoms with Gasteiger partial charge in [-0.25, -0.2) is 0 Å². The minimum atomic E-state index is -0.419. The quantitative estimate of drug-likeness (QED) is 0.845. The van der Waals surface area contributed by atoms with E-state index < -0.39 is 5.41 Å². The zero-order valence-corrected chi connectivity index (χ0v) is 13.5. The SMILES string of the molecule is CC(C)(CC(=O)Nc1ccccc1)CC(=O)Nc1ccccc1. The Morgan fingerprint density at radius 1 is 0.739 bits per heavy atom. The minimum Gasteiger partial charge on any atom is -0.326 e. The van der Waals surface area contributed by atoms with Crippen LogP contribution >= 0.6 is 0 Å². The number of nitrogens with one attached hydrogen (secondary N) is 2. The fraction of sp³-hybridized carbons (Fsp3) is 0.263. The summed E-state index contributed by atoms with van der Waals surface area (Å²) < 4.78 is 0. The molecule has 0 aliphatic heterocycles. The molecule has 0 aliphatic carbocycles. The predicted molar refractivity (Wildman–Crippen MR) is 93.2 cm³/mol. The molecule has 2 aromatic carbocycles. The lowest BCUT2D eigenvalue weighted by Gasteiger charge is -2.23. The number of hydrogen-bond acceptors (Lipinski definition) is 2. The molecule has 0 spiro atoms. The van der Waals surface area contributed by atoms with Crippen LogP contribution in [-0.4, -0.2) is 11.8 Å². The van der Waals surface area contributed by atoms with E-state index in [1.807, 2.05) is 74.5 Å². The average molecular weight is 310 g/mol. The van der Waals surface area contributed by atoms with Crippen LogP contribution in [0, 0.1) is 5.41 Å². The summed E-state index contributed by atoms with van der Waals surface area (Å²) in [5.74, 6) is -0.178. The lowest BCUT2D eigenvalue weighted by molar-refractivity contribution is -0.120. The summed E-state index contributed by atoms with van der Waals surface area (Å²) in [6.07, 6.45) is 0.564. The van der Waals surface area contributed by atoms with Crippen LogP contribution in [0.4, 0.5) is 11.4 Å². The van der Waals surface area contributed by atoms with Crippen LogP contribution in [0.1, 0.15) is 26.7 Å². The molecule has 0 saturated carbocycles. The summed E-state index contributed by atoms with van der Waals surface area (Å²) >= 11 is 0. The van der Waals surface area contributed by atoms with Gasteiger partial charge in [-0.3, -0.25) is 9.59 Å². The molecular weight excluding hydrogens is 288 g/mol. The van der Waals surface area contributed by atoms with E-state index >= 15 is 0 Å². The first-order valence-corrected chi connectivity index (χ1v) is 7.64. The summed E-state index contributed by atoms with van der Waals surface area (Å²) in [7, 11) is 0. The maximum atomic E-state index is 12.1. The van der Waals surface area contributed by atoms with Gasteiger partial charge >= 0.3 is 0 Å². The summed E-state index contributed by atoms with van der Waals surface area (Å²) in [6.45, 7) is 3.84. The van der Waals surface area contributed by atoms with Crippen molar-refractivity contribution in [2.75, 3.05) is 10.6 Å². The topological polar surface area (TPSA) is 58.2 Å². The van der Waals surface area contributed by atoms with E-state index in [0.29, 0.717) is 0 Å². The van der Waals surface area contributed by atoms with E-state index in [-0.39, 0.29) is 24.7 Å². The highest BCUT2D eigenvalue weighted by Crippen LogP contribution is 2.26. The molecule has 0 atom stereocenters. The van der Waals surface area contributed by atoms with Crippen molar-refractivity contribution in [3.63, 3.8) is 0 Å². The van der Waals surface area contributed by atoms with E-state index in [0.717, 1.165) is 11.4 Å². The lowest BCUT2D eigenvalue weighted by atomic mass is 9.85. The van der Waals surface area contributed by atoms with Crippen molar-refractivity contribution in [2.45, 2.75) is 26.7 Å². The van der Waals surface area contributed by atoms with Crippen molar-refractivity contribution in [1.82, 2.24) is 0 Å². The van der Waals surface area contributed by atoms with Crippen LogP contribution in [0.5, 0.6) is 0 Å². The Labute approximate surface area is 136 Å². The molecule has 0 heterocycles. The van der Waals surface area contributed by atoms with Gasteiger partial charge in [0.15, 0.2) is 0 Å². The third-order valence-electron chi connectivity index (χ3n) is 3.39. The van der Waals surface area contributed by atoms with Crippen LogP contribution in [0.15, 0.2) is 60.7 Å². The van der Waals surface area contributed by atoms with Crippen LogP contribution in [0.2, 0.25) is 0 Å². The summed E-state index contributed by atoms with van der Waals surface area (Å²) in [5, 5.41) is 5.70. The van der Waals surface area contributed by atoms with Gasteiger partial charge in [0.2, 0.25) is 11.8 Å². The zero-order valence-electron chi connectivity index (χ0n) is 13.5. The van der Waals surface area contributed by atoms with Gasteiger partial charge in [-0.15, -0.1) is 0 Å². The molecule has 0 fully saturated rings. The van der Waals surface area contributed by atoms with Crippen LogP contribution in [-0.2, 0) is 9.59 Å². The summed E-state index contributed by atoms with van der Waals surface area (Å²) in [5.41, 5.74) is 1.11. The molecule has 23 heavy (non-hydrogen) atoms. The van der Waals surface area contributed by atoms with Gasteiger partial charge in [-0.2, -0.15) is 0 Å². The number of anilines is 2. The largest absolute Gasteiger partial charge is 0.326 e. The molecule has 0 saturated heterocycles. The summed E-state index contributed by atoms with van der Waals surface area (Å²) in [4.78, 5) is 24.3. The van der Waals surface area contributed by atoms with Gasteiger partial charge in [0.1, 0.15) is 0 Å². The standard InChI is InChI=1S/C19H22N2O2/c1-19(2,13-17(22)20-15-9-5-3-6-10-15)14-18(23)21-16-11-7-4-8-12-16/h3-12H,13-14H2,1-2H3,(H,20,22)(H,21,23). The molecule has 0 unspecified atom stereocenters. The Kier molecular flexibility index (Phi) is 5.52. The number of benzene rings is 2. The molecular formula is C19H22N2O2. The van der Waals surface area contributed by atoms with Gasteiger partial charge < -0.3 is 10.6 Å². The van der Waals surface area contributed by atoms with Crippen molar-refractivity contribution in [3.05, 3.63) is 60.7 Å². The predicted octanol–water partition coefficient (Wildman–Crippen LogP) is 4.07. The summed E-state index contributed by atoms with van der Waals surface area (Å²) in [6, 6.07) is 18.6. The Morgan fingerprint density at radius 3 is 1.43 bits per heavy atom. The Balaban J connectivity index is 1.85. The lowest BCUT2D eigenvalue weighted by Crippen LogP contribution is -2.27. The molecule has 0 aliphatic rings. The Bertz CT molecular complexity index is 594. The molecule has 2 aromatic rings. The molecule has 4 heteroatoms. The monoisotopic (exact) mass is 310 g/mol. The molecule has 2 N–H and O–H groups in total. The maximum Gasteiger partial charge on any atom is 0.224 e. The molecule has 0 bridgehead atoms. The van der Waals surface area contributed by atoms with Crippen LogP contribution < -0.4 is 10.6 Å². The average Bonchev–Trinajstić information content (AvgIpc) is 2.47. The maximum absolute atomic E-state index is 12.1. The highest BCUT2D eigenvalue weighted by Gasteiger charge is 2.25. The number of carbonyl (C=O) groups is 2. The van der Waals surface area contributed by atoms with Crippen molar-refractivity contribution >= 4 is 23.2 Å². The molecule has 120 valence electrons. The minimum absolute atomic E-state index is 0.0892. The van der Waals surface area contributed by atoms with Gasteiger partial charge in [0.25, 0.3) is 0 Å². The van der Waals surface area contributed by atoms with Gasteiger partial charge in [-0.05, 0) is 29.7 Å². The van der Waals surface area contributed by atoms with E-state index in [9.17, 15) is 9.59 Å². The number of carbonyl (C=O) groups excluding carboxylic acids is 2. The van der Waals surface area contributed by atoms with E-state index in [4.69, 9.17) is 0 Å². The van der Waals surface area contributed by atoms with Gasteiger partial charge in [0.05, 0.1) is 0 Å². The third-order valence-corrected chi connectivity index (χ3v) is 3.39. The third kappa shape index (κ3) is 5.94. The normalized spacial score (nSPS) is 10.9. The highest BCUT2D eigenvalue weighted by atomic mass is 16.2. The fourth-order valence-corrected chi connectivity index (χ4v) is 2.39. The van der Waals surface area contributed by atoms with Gasteiger partial charge in [-0.1, -0.05) is 50.2 Å². The Morgan fingerprint density at radius 2 is 1.09 bits per heavy atom. The number of hydrogen-bond donors (Lipinski definition) is 2. The van der Waals surface area contributed by atoms with Crippen molar-refractivity contribution in [1.29, 1.82) is 0 Å². The van der Waals surface area contributed by atoms with Crippen LogP contribution in [0.25, 0.3) is 0 Å². The first-order valence-electron chi connectivity index (χ1n) is 7.64. The second-order valence-electron chi connectivity index (χ2n) is 6.35. The molecule has 2 rings (SSSR count). The smallest absolute Gasteiger partial charge is 0.224 e. The number of amides is 2. The van der Waals surface area contributed by atoms with Crippen molar-refractivity contribution < 1.29 is 9.59 Å². The second kappa shape index (κ2) is 7.58. The second-order valence-corrected chi connectivity index (χ2v) is 6.35. The van der Waals surface area contributed by atoms with Crippen molar-refractivity contribution in [2.24, 2.45) is 5.41 Å². The van der Waals surface area contributed by atoms with Gasteiger partial charge in [0, 0.05) is 24.2 Å². The molecule has 0 radical (unpaired) electrons. The number of rotatable bonds is 6. The molecule has 2 amide bonds. The number of para-hydroxylation sites is 2. The fourth-order valence-electron chi connectivity index (χ4n) is 2.39. The molecule has 0 aromatic heterocycles. The Hall–Kier alpha value is -2.62. The van der Waals surface area contributed by atoms with Crippen LogP contribution in [0.3, 0.4) is 0 Å².